The number of nitrogens with one attached hydrogen (secondary N) is 1. The maximum Gasteiger partial charge on any atom is 0.261 e. The van der Waals surface area contributed by atoms with E-state index in [4.69, 9.17) is 10.7 Å². The molecule has 0 bridgehead atoms. The van der Waals surface area contributed by atoms with Gasteiger partial charge in [0.25, 0.3) is 15.0 Å². The molecule has 4 nitrogen and oxygen atoms in total. The van der Waals surface area contributed by atoms with Gasteiger partial charge in [0.1, 0.15) is 0 Å². The zero-order valence-corrected chi connectivity index (χ0v) is 13.4. The Bertz CT molecular complexity index is 626. The molecule has 19 heavy (non-hydrogen) atoms. The molecule has 1 amide bonds. The lowest BCUT2D eigenvalue weighted by Gasteiger charge is -2.26. The smallest absolute Gasteiger partial charge is 0.261 e. The molecule has 0 aromatic heterocycles. The zero-order chi connectivity index (χ0) is 14.2. The third-order valence-corrected chi connectivity index (χ3v) is 5.53. The normalized spacial score (nSPS) is 15.9. The van der Waals surface area contributed by atoms with E-state index in [1.54, 1.807) is 13.0 Å². The summed E-state index contributed by atoms with van der Waals surface area (Å²) in [6, 6.07) is 3.12. The molecule has 7 heteroatoms. The summed E-state index contributed by atoms with van der Waals surface area (Å²) in [5.41, 5.74) is 0.791. The van der Waals surface area contributed by atoms with E-state index in [0.717, 1.165) is 19.3 Å². The van der Waals surface area contributed by atoms with E-state index < -0.39 is 9.05 Å². The number of halogens is 2. The molecular weight excluding hydrogens is 354 g/mol. The van der Waals surface area contributed by atoms with Crippen molar-refractivity contribution in [3.05, 3.63) is 27.7 Å². The number of hydrogen-bond donors (Lipinski definition) is 1. The van der Waals surface area contributed by atoms with Crippen molar-refractivity contribution in [1.29, 1.82) is 0 Å². The standard InChI is InChI=1S/C12H13BrClNO3S/c1-7-10(13)5-8(6-11(7)19(14,17)18)12(16)15-9-3-2-4-9/h5-6,9H,2-4H2,1H3,(H,15,16). The van der Waals surface area contributed by atoms with E-state index in [1.807, 2.05) is 0 Å². The maximum atomic E-state index is 12.0. The fraction of sp³-hybridized carbons (Fsp3) is 0.417. The van der Waals surface area contributed by atoms with Gasteiger partial charge in [-0.3, -0.25) is 4.79 Å². The summed E-state index contributed by atoms with van der Waals surface area (Å²) in [4.78, 5) is 12.0. The molecule has 0 unspecified atom stereocenters. The van der Waals surface area contributed by atoms with Crippen molar-refractivity contribution in [2.24, 2.45) is 0 Å². The molecule has 0 saturated heterocycles. The van der Waals surface area contributed by atoms with Crippen LogP contribution in [0.15, 0.2) is 21.5 Å². The molecule has 1 N–H and O–H groups in total. The number of carbonyl (C=O) groups is 1. The van der Waals surface area contributed by atoms with Crippen LogP contribution in [0.25, 0.3) is 0 Å². The van der Waals surface area contributed by atoms with Crippen LogP contribution >= 0.6 is 26.6 Å². The molecule has 0 spiro atoms. The van der Waals surface area contributed by atoms with Crippen molar-refractivity contribution in [3.8, 4) is 0 Å². The van der Waals surface area contributed by atoms with Gasteiger partial charge >= 0.3 is 0 Å². The summed E-state index contributed by atoms with van der Waals surface area (Å²) >= 11 is 3.25. The van der Waals surface area contributed by atoms with Gasteiger partial charge in [0, 0.05) is 26.8 Å². The fourth-order valence-corrected chi connectivity index (χ4v) is 3.67. The topological polar surface area (TPSA) is 63.2 Å². The number of rotatable bonds is 3. The Hall–Kier alpha value is -0.590. The van der Waals surface area contributed by atoms with Crippen molar-refractivity contribution in [2.75, 3.05) is 0 Å². The van der Waals surface area contributed by atoms with Crippen molar-refractivity contribution in [2.45, 2.75) is 37.1 Å². The molecule has 104 valence electrons. The molecular formula is C12H13BrClNO3S. The first-order valence-corrected chi connectivity index (χ1v) is 8.95. The molecule has 0 atom stereocenters. The van der Waals surface area contributed by atoms with Gasteiger partial charge < -0.3 is 5.32 Å². The number of hydrogen-bond acceptors (Lipinski definition) is 3. The van der Waals surface area contributed by atoms with Gasteiger partial charge in [0.2, 0.25) is 0 Å². The largest absolute Gasteiger partial charge is 0.349 e. The van der Waals surface area contributed by atoms with Gasteiger partial charge in [-0.05, 0) is 43.9 Å². The van der Waals surface area contributed by atoms with Crippen LogP contribution in [0.5, 0.6) is 0 Å². The zero-order valence-electron chi connectivity index (χ0n) is 10.2. The SMILES string of the molecule is Cc1c(Br)cc(C(=O)NC2CCC2)cc1S(=O)(=O)Cl. The highest BCUT2D eigenvalue weighted by Crippen LogP contribution is 2.28. The first-order chi connectivity index (χ1) is 8.79. The molecule has 0 heterocycles. The second-order valence-electron chi connectivity index (χ2n) is 4.62. The Balaban J connectivity index is 2.36. The second-order valence-corrected chi connectivity index (χ2v) is 8.01. The van der Waals surface area contributed by atoms with Gasteiger partial charge in [0.05, 0.1) is 4.90 Å². The van der Waals surface area contributed by atoms with Crippen molar-refractivity contribution in [1.82, 2.24) is 5.32 Å². The number of benzene rings is 1. The summed E-state index contributed by atoms with van der Waals surface area (Å²) in [6.07, 6.45) is 3.06. The lowest BCUT2D eigenvalue weighted by atomic mass is 9.93. The average Bonchev–Trinajstić information content (AvgIpc) is 2.25. The third-order valence-electron chi connectivity index (χ3n) is 3.26. The maximum absolute atomic E-state index is 12.0. The lowest BCUT2D eigenvalue weighted by molar-refractivity contribution is 0.0916. The van der Waals surface area contributed by atoms with Crippen LogP contribution in [0.1, 0.15) is 35.2 Å². The summed E-state index contributed by atoms with van der Waals surface area (Å²) < 4.78 is 23.5. The highest BCUT2D eigenvalue weighted by Gasteiger charge is 2.23. The van der Waals surface area contributed by atoms with Crippen molar-refractivity contribution in [3.63, 3.8) is 0 Å². The van der Waals surface area contributed by atoms with Crippen LogP contribution in [-0.4, -0.2) is 20.4 Å². The van der Waals surface area contributed by atoms with Crippen LogP contribution in [0.3, 0.4) is 0 Å². The van der Waals surface area contributed by atoms with E-state index in [0.29, 0.717) is 15.6 Å². The second kappa shape index (κ2) is 5.42. The number of carbonyl (C=O) groups excluding carboxylic acids is 1. The van der Waals surface area contributed by atoms with Gasteiger partial charge in [-0.1, -0.05) is 15.9 Å². The first-order valence-electron chi connectivity index (χ1n) is 5.84. The quantitative estimate of drug-likeness (QED) is 0.837. The molecule has 1 aromatic rings. The highest BCUT2D eigenvalue weighted by molar-refractivity contribution is 9.10. The Kier molecular flexibility index (Phi) is 4.23. The molecule has 1 fully saturated rings. The summed E-state index contributed by atoms with van der Waals surface area (Å²) in [6.45, 7) is 1.63. The van der Waals surface area contributed by atoms with Crippen molar-refractivity contribution < 1.29 is 13.2 Å². The molecule has 1 aliphatic rings. The molecule has 2 rings (SSSR count). The minimum Gasteiger partial charge on any atom is -0.349 e. The minimum atomic E-state index is -3.87. The predicted molar refractivity (Wildman–Crippen MR) is 77.0 cm³/mol. The average molecular weight is 367 g/mol. The minimum absolute atomic E-state index is 0.0395. The summed E-state index contributed by atoms with van der Waals surface area (Å²) in [5.74, 6) is -0.271. The van der Waals surface area contributed by atoms with Crippen molar-refractivity contribution >= 4 is 41.6 Å². The Labute approximate surface area is 125 Å². The van der Waals surface area contributed by atoms with Gasteiger partial charge in [-0.2, -0.15) is 0 Å². The van der Waals surface area contributed by atoms with Crippen LogP contribution in [0.2, 0.25) is 0 Å². The van der Waals surface area contributed by atoms with E-state index in [9.17, 15) is 13.2 Å². The third kappa shape index (κ3) is 3.30. The summed E-state index contributed by atoms with van der Waals surface area (Å²) in [7, 11) is 1.51. The highest BCUT2D eigenvalue weighted by atomic mass is 79.9. The summed E-state index contributed by atoms with van der Waals surface area (Å²) in [5, 5.41) is 2.86. The van der Waals surface area contributed by atoms with Crippen LogP contribution in [0, 0.1) is 6.92 Å². The van der Waals surface area contributed by atoms with E-state index in [1.165, 1.54) is 6.07 Å². The first kappa shape index (κ1) is 14.8. The lowest BCUT2D eigenvalue weighted by Crippen LogP contribution is -2.39. The van der Waals surface area contributed by atoms with E-state index in [2.05, 4.69) is 21.2 Å². The monoisotopic (exact) mass is 365 g/mol. The molecule has 1 aliphatic carbocycles. The van der Waals surface area contributed by atoms with E-state index in [-0.39, 0.29) is 16.8 Å². The van der Waals surface area contributed by atoms with Crippen LogP contribution in [-0.2, 0) is 9.05 Å². The van der Waals surface area contributed by atoms with Crippen LogP contribution in [0.4, 0.5) is 0 Å². The Morgan fingerprint density at radius 3 is 2.53 bits per heavy atom. The van der Waals surface area contributed by atoms with Gasteiger partial charge in [-0.15, -0.1) is 0 Å². The van der Waals surface area contributed by atoms with E-state index >= 15 is 0 Å². The molecule has 0 radical (unpaired) electrons. The van der Waals surface area contributed by atoms with Crippen LogP contribution < -0.4 is 5.32 Å². The molecule has 1 saturated carbocycles. The molecule has 0 aliphatic heterocycles. The Morgan fingerprint density at radius 2 is 2.05 bits per heavy atom. The predicted octanol–water partition coefficient (Wildman–Crippen LogP) is 2.97. The van der Waals surface area contributed by atoms with Gasteiger partial charge in [-0.25, -0.2) is 8.42 Å². The fourth-order valence-electron chi connectivity index (χ4n) is 1.86. The molecule has 1 aromatic carbocycles. The number of amides is 1. The Morgan fingerprint density at radius 1 is 1.42 bits per heavy atom. The van der Waals surface area contributed by atoms with Gasteiger partial charge in [0.15, 0.2) is 0 Å².